The van der Waals surface area contributed by atoms with Crippen molar-refractivity contribution in [1.29, 1.82) is 0 Å². The Bertz CT molecular complexity index is 721. The van der Waals surface area contributed by atoms with Crippen LogP contribution in [0.4, 0.5) is 10.3 Å². The number of alkyl halides is 1. The number of hydrogen-bond donors (Lipinski definition) is 1. The van der Waals surface area contributed by atoms with Gasteiger partial charge in [-0.1, -0.05) is 11.6 Å². The number of ether oxygens (including phenoxy) is 1. The van der Waals surface area contributed by atoms with E-state index in [1.54, 1.807) is 4.57 Å². The summed E-state index contributed by atoms with van der Waals surface area (Å²) in [6, 6.07) is 0. The van der Waals surface area contributed by atoms with Crippen LogP contribution in [0, 0.1) is 5.92 Å². The maximum Gasteiger partial charge on any atom is 0.302 e. The van der Waals surface area contributed by atoms with Crippen molar-refractivity contribution in [3.63, 3.8) is 0 Å². The third-order valence-electron chi connectivity index (χ3n) is 3.52. The number of nitrogen functional groups attached to an aromatic ring is 1. The molecule has 112 valence electrons. The van der Waals surface area contributed by atoms with E-state index in [1.807, 2.05) is 0 Å². The van der Waals surface area contributed by atoms with E-state index in [1.165, 1.54) is 13.3 Å². The minimum Gasteiger partial charge on any atom is -0.465 e. The van der Waals surface area contributed by atoms with Gasteiger partial charge in [-0.05, 0) is 6.42 Å². The number of anilines is 1. The number of hydrogen-bond acceptors (Lipinski definition) is 6. The lowest BCUT2D eigenvalue weighted by Gasteiger charge is -2.09. The van der Waals surface area contributed by atoms with Gasteiger partial charge in [0.1, 0.15) is 11.2 Å². The van der Waals surface area contributed by atoms with Gasteiger partial charge in [-0.25, -0.2) is 9.37 Å². The SMILES string of the molecule is CC(=O)OC[C@@H]1C[C@]1(F)Cn1cnc2c(Cl)nc(N)nc21. The second-order valence-corrected chi connectivity index (χ2v) is 5.51. The zero-order valence-electron chi connectivity index (χ0n) is 11.2. The van der Waals surface area contributed by atoms with Gasteiger partial charge in [0.25, 0.3) is 0 Å². The van der Waals surface area contributed by atoms with Crippen molar-refractivity contribution < 1.29 is 13.9 Å². The molecule has 1 aliphatic rings. The fourth-order valence-electron chi connectivity index (χ4n) is 2.30. The summed E-state index contributed by atoms with van der Waals surface area (Å²) in [5.74, 6) is -0.715. The van der Waals surface area contributed by atoms with Crippen molar-refractivity contribution in [2.75, 3.05) is 12.3 Å². The highest BCUT2D eigenvalue weighted by Gasteiger charge is 2.56. The van der Waals surface area contributed by atoms with E-state index >= 15 is 0 Å². The number of aromatic nitrogens is 4. The monoisotopic (exact) mass is 313 g/mol. The highest BCUT2D eigenvalue weighted by atomic mass is 35.5. The van der Waals surface area contributed by atoms with Crippen molar-refractivity contribution in [3.8, 4) is 0 Å². The van der Waals surface area contributed by atoms with E-state index in [0.717, 1.165) is 0 Å². The zero-order valence-corrected chi connectivity index (χ0v) is 12.0. The largest absolute Gasteiger partial charge is 0.465 e. The first-order chi connectivity index (χ1) is 9.89. The molecule has 0 aliphatic heterocycles. The molecule has 7 nitrogen and oxygen atoms in total. The van der Waals surface area contributed by atoms with Crippen LogP contribution in [-0.2, 0) is 16.1 Å². The topological polar surface area (TPSA) is 95.9 Å². The average Bonchev–Trinajstić information content (AvgIpc) is 2.85. The van der Waals surface area contributed by atoms with Gasteiger partial charge >= 0.3 is 5.97 Å². The van der Waals surface area contributed by atoms with Crippen LogP contribution < -0.4 is 5.73 Å². The highest BCUT2D eigenvalue weighted by molar-refractivity contribution is 6.33. The Morgan fingerprint density at radius 1 is 1.67 bits per heavy atom. The smallest absolute Gasteiger partial charge is 0.302 e. The Morgan fingerprint density at radius 3 is 3.14 bits per heavy atom. The fourth-order valence-corrected chi connectivity index (χ4v) is 2.51. The molecule has 2 atom stereocenters. The summed E-state index contributed by atoms with van der Waals surface area (Å²) in [6.07, 6.45) is 1.78. The van der Waals surface area contributed by atoms with Gasteiger partial charge in [0.05, 0.1) is 19.5 Å². The summed E-state index contributed by atoms with van der Waals surface area (Å²) >= 11 is 5.92. The number of rotatable bonds is 4. The van der Waals surface area contributed by atoms with Crippen molar-refractivity contribution in [2.45, 2.75) is 25.6 Å². The number of carbonyl (C=O) groups excluding carboxylic acids is 1. The predicted molar refractivity (Wildman–Crippen MR) is 73.3 cm³/mol. The molecule has 3 rings (SSSR count). The predicted octanol–water partition coefficient (Wildman–Crippen LogP) is 1.35. The molecule has 2 aromatic rings. The Morgan fingerprint density at radius 2 is 2.43 bits per heavy atom. The van der Waals surface area contributed by atoms with E-state index < -0.39 is 11.6 Å². The molecule has 0 unspecified atom stereocenters. The normalized spacial score (nSPS) is 24.2. The van der Waals surface area contributed by atoms with Gasteiger partial charge in [-0.15, -0.1) is 0 Å². The Balaban J connectivity index is 1.79. The van der Waals surface area contributed by atoms with Crippen molar-refractivity contribution in [3.05, 3.63) is 11.5 Å². The summed E-state index contributed by atoms with van der Waals surface area (Å²) in [4.78, 5) is 22.7. The average molecular weight is 314 g/mol. The second kappa shape index (κ2) is 4.80. The van der Waals surface area contributed by atoms with Crippen LogP contribution in [0.5, 0.6) is 0 Å². The number of carbonyl (C=O) groups is 1. The minimum atomic E-state index is -1.44. The third kappa shape index (κ3) is 2.63. The molecule has 0 amide bonds. The molecule has 1 saturated carbocycles. The molecule has 2 N–H and O–H groups in total. The van der Waals surface area contributed by atoms with Crippen LogP contribution in [0.3, 0.4) is 0 Å². The molecule has 1 aliphatic carbocycles. The number of halogens is 2. The number of nitrogens with zero attached hydrogens (tertiary/aromatic N) is 4. The molecule has 0 spiro atoms. The van der Waals surface area contributed by atoms with Crippen LogP contribution in [0.25, 0.3) is 11.2 Å². The molecular weight excluding hydrogens is 301 g/mol. The quantitative estimate of drug-likeness (QED) is 0.676. The van der Waals surface area contributed by atoms with Gasteiger partial charge in [0.2, 0.25) is 5.95 Å². The highest BCUT2D eigenvalue weighted by Crippen LogP contribution is 2.49. The standard InChI is InChI=1S/C12H13ClFN5O2/c1-6(20)21-3-7-2-12(7,14)4-19-5-16-8-9(13)17-11(15)18-10(8)19/h5,7H,2-4H2,1H3,(H2,15,17,18)/t7-,12-/m0/s1. The summed E-state index contributed by atoms with van der Waals surface area (Å²) < 4.78 is 20.9. The van der Waals surface area contributed by atoms with Crippen LogP contribution >= 0.6 is 11.6 Å². The van der Waals surface area contributed by atoms with Gasteiger partial charge in [-0.3, -0.25) is 4.79 Å². The first-order valence-corrected chi connectivity index (χ1v) is 6.73. The number of esters is 1. The van der Waals surface area contributed by atoms with Gasteiger partial charge in [0.15, 0.2) is 10.8 Å². The maximum absolute atomic E-state index is 14.6. The number of nitrogens with two attached hydrogens (primary N) is 1. The minimum absolute atomic E-state index is 0.00872. The van der Waals surface area contributed by atoms with Crippen molar-refractivity contribution in [2.24, 2.45) is 5.92 Å². The van der Waals surface area contributed by atoms with E-state index in [2.05, 4.69) is 15.0 Å². The number of fused-ring (bicyclic) bond motifs is 1. The second-order valence-electron chi connectivity index (χ2n) is 5.16. The van der Waals surface area contributed by atoms with Gasteiger partial charge in [0, 0.05) is 12.8 Å². The molecule has 0 bridgehead atoms. The lowest BCUT2D eigenvalue weighted by molar-refractivity contribution is -0.141. The molecular formula is C12H13ClFN5O2. The van der Waals surface area contributed by atoms with E-state index in [4.69, 9.17) is 22.1 Å². The Hall–Kier alpha value is -1.96. The third-order valence-corrected chi connectivity index (χ3v) is 3.78. The first kappa shape index (κ1) is 14.0. The zero-order chi connectivity index (χ0) is 15.2. The van der Waals surface area contributed by atoms with Crippen molar-refractivity contribution in [1.82, 2.24) is 19.5 Å². The summed E-state index contributed by atoms with van der Waals surface area (Å²) in [5, 5.41) is 0.136. The summed E-state index contributed by atoms with van der Waals surface area (Å²) in [7, 11) is 0. The fraction of sp³-hybridized carbons (Fsp3) is 0.500. The summed E-state index contributed by atoms with van der Waals surface area (Å²) in [5.41, 5.74) is 4.88. The molecule has 0 aromatic carbocycles. The molecule has 9 heteroatoms. The van der Waals surface area contributed by atoms with Crippen molar-refractivity contribution >= 4 is 34.7 Å². The lowest BCUT2D eigenvalue weighted by atomic mass is 10.3. The molecule has 1 fully saturated rings. The molecule has 0 saturated heterocycles. The van der Waals surface area contributed by atoms with Gasteiger partial charge in [-0.2, -0.15) is 9.97 Å². The molecule has 2 heterocycles. The lowest BCUT2D eigenvalue weighted by Crippen LogP contribution is -2.18. The Labute approximate surface area is 124 Å². The molecule has 0 radical (unpaired) electrons. The van der Waals surface area contributed by atoms with Gasteiger partial charge < -0.3 is 15.0 Å². The molecule has 2 aromatic heterocycles. The number of imidazole rings is 1. The maximum atomic E-state index is 14.6. The van der Waals surface area contributed by atoms with E-state index in [9.17, 15) is 9.18 Å². The Kier molecular flexibility index (Phi) is 3.20. The van der Waals surface area contributed by atoms with E-state index in [-0.39, 0.29) is 30.2 Å². The van der Waals surface area contributed by atoms with Crippen LogP contribution in [0.2, 0.25) is 5.15 Å². The van der Waals surface area contributed by atoms with Crippen LogP contribution in [-0.4, -0.2) is 37.8 Å². The van der Waals surface area contributed by atoms with Crippen LogP contribution in [0.15, 0.2) is 6.33 Å². The summed E-state index contributed by atoms with van der Waals surface area (Å²) in [6.45, 7) is 1.44. The molecule has 21 heavy (non-hydrogen) atoms. The van der Waals surface area contributed by atoms with Crippen LogP contribution in [0.1, 0.15) is 13.3 Å². The first-order valence-electron chi connectivity index (χ1n) is 6.35. The van der Waals surface area contributed by atoms with E-state index in [0.29, 0.717) is 17.6 Å².